The molecule has 1 aliphatic rings. The van der Waals surface area contributed by atoms with Crippen LogP contribution in [0.4, 0.5) is 0 Å². The summed E-state index contributed by atoms with van der Waals surface area (Å²) < 4.78 is 28.5. The second-order valence-electron chi connectivity index (χ2n) is 5.66. The maximum Gasteiger partial charge on any atom is 0.151 e. The van der Waals surface area contributed by atoms with Gasteiger partial charge in [-0.15, -0.1) is 0 Å². The van der Waals surface area contributed by atoms with E-state index >= 15 is 0 Å². The molecule has 1 aliphatic heterocycles. The van der Waals surface area contributed by atoms with Gasteiger partial charge in [-0.2, -0.15) is 0 Å². The first-order valence-electron chi connectivity index (χ1n) is 7.70. The molecule has 0 aromatic rings. The smallest absolute Gasteiger partial charge is 0.151 e. The van der Waals surface area contributed by atoms with Crippen molar-refractivity contribution < 1.29 is 13.2 Å². The van der Waals surface area contributed by atoms with Crippen LogP contribution in [-0.4, -0.2) is 71.3 Å². The number of likely N-dealkylation sites (tertiary alicyclic amines) is 1. The van der Waals surface area contributed by atoms with E-state index in [4.69, 9.17) is 4.74 Å². The van der Waals surface area contributed by atoms with Crippen molar-refractivity contribution >= 4 is 9.84 Å². The van der Waals surface area contributed by atoms with Crippen molar-refractivity contribution in [2.24, 2.45) is 5.92 Å². The fraction of sp³-hybridized carbons (Fsp3) is 1.00. The van der Waals surface area contributed by atoms with Crippen molar-refractivity contribution in [1.29, 1.82) is 0 Å². The zero-order valence-corrected chi connectivity index (χ0v) is 13.8. The van der Waals surface area contributed by atoms with Crippen molar-refractivity contribution in [3.05, 3.63) is 0 Å². The van der Waals surface area contributed by atoms with Gasteiger partial charge in [0.05, 0.1) is 12.4 Å². The van der Waals surface area contributed by atoms with Gasteiger partial charge < -0.3 is 15.0 Å². The number of nitrogens with one attached hydrogen (secondary N) is 1. The molecule has 1 saturated heterocycles. The molecule has 0 spiro atoms. The molecular weight excluding hydrogens is 276 g/mol. The monoisotopic (exact) mass is 306 g/mol. The zero-order chi connectivity index (χ0) is 14.8. The highest BCUT2D eigenvalue weighted by Crippen LogP contribution is 2.15. The molecule has 1 rings (SSSR count). The van der Waals surface area contributed by atoms with Crippen molar-refractivity contribution in [2.45, 2.75) is 26.2 Å². The molecule has 0 amide bonds. The van der Waals surface area contributed by atoms with Crippen LogP contribution in [0.15, 0.2) is 0 Å². The summed E-state index contributed by atoms with van der Waals surface area (Å²) in [6.07, 6.45) is 3.12. The third-order valence-electron chi connectivity index (χ3n) is 3.75. The van der Waals surface area contributed by atoms with Gasteiger partial charge in [0, 0.05) is 32.5 Å². The van der Waals surface area contributed by atoms with Gasteiger partial charge in [0.1, 0.15) is 0 Å². The van der Waals surface area contributed by atoms with E-state index in [-0.39, 0.29) is 0 Å². The van der Waals surface area contributed by atoms with Crippen LogP contribution in [0, 0.1) is 5.92 Å². The van der Waals surface area contributed by atoms with E-state index in [0.29, 0.717) is 30.4 Å². The number of nitrogens with zero attached hydrogens (tertiary/aromatic N) is 1. The molecule has 1 N–H and O–H groups in total. The first-order chi connectivity index (χ1) is 9.57. The number of rotatable bonds is 10. The van der Waals surface area contributed by atoms with Gasteiger partial charge in [-0.1, -0.05) is 6.92 Å². The van der Waals surface area contributed by atoms with Crippen molar-refractivity contribution in [3.63, 3.8) is 0 Å². The highest BCUT2D eigenvalue weighted by Gasteiger charge is 2.21. The molecule has 0 saturated carbocycles. The summed E-state index contributed by atoms with van der Waals surface area (Å²) in [7, 11) is -1.14. The zero-order valence-electron chi connectivity index (χ0n) is 12.9. The van der Waals surface area contributed by atoms with Gasteiger partial charge in [-0.3, -0.25) is 0 Å². The lowest BCUT2D eigenvalue weighted by atomic mass is 9.98. The van der Waals surface area contributed by atoms with Gasteiger partial charge in [-0.05, 0) is 38.3 Å². The lowest BCUT2D eigenvalue weighted by Crippen LogP contribution is -2.42. The van der Waals surface area contributed by atoms with Crippen LogP contribution in [0.25, 0.3) is 0 Å². The Morgan fingerprint density at radius 2 is 2.15 bits per heavy atom. The molecule has 0 aromatic heterocycles. The Morgan fingerprint density at radius 3 is 2.85 bits per heavy atom. The first kappa shape index (κ1) is 17.9. The molecule has 120 valence electrons. The number of methoxy groups -OCH3 is 1. The molecule has 1 fully saturated rings. The minimum absolute atomic E-state index is 0.310. The van der Waals surface area contributed by atoms with Crippen LogP contribution in [0.1, 0.15) is 26.2 Å². The summed E-state index contributed by atoms with van der Waals surface area (Å²) in [4.78, 5) is 2.30. The third-order valence-corrected chi connectivity index (χ3v) is 5.59. The van der Waals surface area contributed by atoms with Crippen molar-refractivity contribution in [3.8, 4) is 0 Å². The molecule has 5 nitrogen and oxygen atoms in total. The fourth-order valence-electron chi connectivity index (χ4n) is 2.68. The molecule has 1 heterocycles. The summed E-state index contributed by atoms with van der Waals surface area (Å²) in [6.45, 7) is 7.29. The molecular formula is C14H30N2O3S. The Balaban J connectivity index is 2.23. The van der Waals surface area contributed by atoms with Gasteiger partial charge in [-0.25, -0.2) is 8.42 Å². The predicted molar refractivity (Wildman–Crippen MR) is 82.9 cm³/mol. The van der Waals surface area contributed by atoms with E-state index in [0.717, 1.165) is 32.8 Å². The summed E-state index contributed by atoms with van der Waals surface area (Å²) in [5.74, 6) is 1.27. The SMILES string of the molecule is CCCS(=O)(=O)CCN1CCCC(CNCCOC)C1. The Morgan fingerprint density at radius 1 is 1.35 bits per heavy atom. The second kappa shape index (κ2) is 9.71. The maximum atomic E-state index is 11.7. The summed E-state index contributed by atoms with van der Waals surface area (Å²) >= 11 is 0. The normalized spacial score (nSPS) is 21.2. The van der Waals surface area contributed by atoms with Gasteiger partial charge in [0.15, 0.2) is 9.84 Å². The van der Waals surface area contributed by atoms with Gasteiger partial charge in [0.2, 0.25) is 0 Å². The Labute approximate surface area is 124 Å². The molecule has 0 aromatic carbocycles. The highest BCUT2D eigenvalue weighted by molar-refractivity contribution is 7.91. The van der Waals surface area contributed by atoms with Crippen LogP contribution >= 0.6 is 0 Å². The lowest BCUT2D eigenvalue weighted by molar-refractivity contribution is 0.171. The van der Waals surface area contributed by atoms with Crippen LogP contribution in [0.3, 0.4) is 0 Å². The molecule has 0 radical (unpaired) electrons. The third kappa shape index (κ3) is 7.57. The fourth-order valence-corrected chi connectivity index (χ4v) is 4.05. The van der Waals surface area contributed by atoms with Crippen molar-refractivity contribution in [2.75, 3.05) is 57.9 Å². The van der Waals surface area contributed by atoms with Gasteiger partial charge in [0.25, 0.3) is 0 Å². The van der Waals surface area contributed by atoms with Crippen LogP contribution in [-0.2, 0) is 14.6 Å². The molecule has 20 heavy (non-hydrogen) atoms. The largest absolute Gasteiger partial charge is 0.383 e. The van der Waals surface area contributed by atoms with Crippen LogP contribution in [0.2, 0.25) is 0 Å². The van der Waals surface area contributed by atoms with E-state index < -0.39 is 9.84 Å². The Bertz CT molecular complexity index is 346. The van der Waals surface area contributed by atoms with Gasteiger partial charge >= 0.3 is 0 Å². The average Bonchev–Trinajstić information content (AvgIpc) is 2.42. The van der Waals surface area contributed by atoms with E-state index in [1.807, 2.05) is 6.92 Å². The van der Waals surface area contributed by atoms with E-state index in [1.165, 1.54) is 12.8 Å². The maximum absolute atomic E-state index is 11.7. The highest BCUT2D eigenvalue weighted by atomic mass is 32.2. The van der Waals surface area contributed by atoms with Crippen LogP contribution in [0.5, 0.6) is 0 Å². The number of piperidine rings is 1. The quantitative estimate of drug-likeness (QED) is 0.604. The molecule has 0 aliphatic carbocycles. The predicted octanol–water partition coefficient (Wildman–Crippen LogP) is 0.759. The molecule has 1 unspecified atom stereocenters. The van der Waals surface area contributed by atoms with E-state index in [9.17, 15) is 8.42 Å². The van der Waals surface area contributed by atoms with Crippen molar-refractivity contribution in [1.82, 2.24) is 10.2 Å². The summed E-state index contributed by atoms with van der Waals surface area (Å²) in [5, 5.41) is 3.40. The Kier molecular flexibility index (Phi) is 8.68. The van der Waals surface area contributed by atoms with E-state index in [2.05, 4.69) is 10.2 Å². The molecule has 1 atom stereocenters. The number of ether oxygens (including phenoxy) is 1. The minimum atomic E-state index is -2.85. The molecule has 0 bridgehead atoms. The lowest BCUT2D eigenvalue weighted by Gasteiger charge is -2.32. The molecule has 6 heteroatoms. The average molecular weight is 306 g/mol. The van der Waals surface area contributed by atoms with Crippen LogP contribution < -0.4 is 5.32 Å². The summed E-state index contributed by atoms with van der Waals surface area (Å²) in [5.41, 5.74) is 0. The van der Waals surface area contributed by atoms with E-state index in [1.54, 1.807) is 7.11 Å². The Hall–Kier alpha value is -0.170. The summed E-state index contributed by atoms with van der Waals surface area (Å²) in [6, 6.07) is 0. The first-order valence-corrected chi connectivity index (χ1v) is 9.52. The topological polar surface area (TPSA) is 58.6 Å². The second-order valence-corrected chi connectivity index (χ2v) is 7.96. The standard InChI is InChI=1S/C14H30N2O3S/c1-3-10-20(17,18)11-8-16-7-4-5-14(13-16)12-15-6-9-19-2/h14-15H,3-13H2,1-2H3. The number of hydrogen-bond donors (Lipinski definition) is 1. The number of hydrogen-bond acceptors (Lipinski definition) is 5. The number of sulfone groups is 1. The minimum Gasteiger partial charge on any atom is -0.383 e.